The molecular formula is C13H11F2N3O. The molecule has 19 heavy (non-hydrogen) atoms. The van der Waals surface area contributed by atoms with Crippen molar-refractivity contribution in [1.29, 1.82) is 0 Å². The fourth-order valence-electron chi connectivity index (χ4n) is 1.53. The van der Waals surface area contributed by atoms with Crippen LogP contribution in [0.2, 0.25) is 0 Å². The third-order valence-corrected chi connectivity index (χ3v) is 2.40. The van der Waals surface area contributed by atoms with Crippen LogP contribution >= 0.6 is 0 Å². The van der Waals surface area contributed by atoms with Crippen LogP contribution in [0.3, 0.4) is 0 Å². The number of carbonyl (C=O) groups is 1. The molecule has 0 unspecified atom stereocenters. The van der Waals surface area contributed by atoms with Crippen LogP contribution in [0, 0.1) is 11.6 Å². The van der Waals surface area contributed by atoms with Crippen molar-refractivity contribution >= 4 is 17.3 Å². The first-order valence-corrected chi connectivity index (χ1v) is 5.50. The molecule has 0 aliphatic heterocycles. The minimum Gasteiger partial charge on any atom is -0.388 e. The fourth-order valence-corrected chi connectivity index (χ4v) is 1.53. The van der Waals surface area contributed by atoms with Crippen molar-refractivity contribution in [2.75, 3.05) is 17.7 Å². The van der Waals surface area contributed by atoms with Crippen LogP contribution in [0.15, 0.2) is 36.5 Å². The summed E-state index contributed by atoms with van der Waals surface area (Å²) in [5, 5.41) is 5.25. The number of benzene rings is 1. The van der Waals surface area contributed by atoms with Gasteiger partial charge in [-0.1, -0.05) is 0 Å². The van der Waals surface area contributed by atoms with Crippen LogP contribution in [0.5, 0.6) is 0 Å². The summed E-state index contributed by atoms with van der Waals surface area (Å²) in [7, 11) is 1.71. The van der Waals surface area contributed by atoms with Crippen LogP contribution in [0.4, 0.5) is 20.2 Å². The Morgan fingerprint density at radius 1 is 1.11 bits per heavy atom. The van der Waals surface area contributed by atoms with E-state index in [1.165, 1.54) is 12.3 Å². The van der Waals surface area contributed by atoms with Crippen molar-refractivity contribution in [3.05, 3.63) is 53.9 Å². The Morgan fingerprint density at radius 2 is 1.79 bits per heavy atom. The van der Waals surface area contributed by atoms with Crippen molar-refractivity contribution in [2.45, 2.75) is 0 Å². The first-order valence-electron chi connectivity index (χ1n) is 5.50. The molecule has 0 saturated carbocycles. The topological polar surface area (TPSA) is 54.0 Å². The highest BCUT2D eigenvalue weighted by atomic mass is 19.1. The van der Waals surface area contributed by atoms with Gasteiger partial charge in [-0.2, -0.15) is 0 Å². The monoisotopic (exact) mass is 263 g/mol. The fraction of sp³-hybridized carbons (Fsp3) is 0.0769. The SMILES string of the molecule is CNc1ccnc(C(=O)Nc2cc(F)cc(F)c2)c1. The number of nitrogens with zero attached hydrogens (tertiary/aromatic N) is 1. The van der Waals surface area contributed by atoms with Gasteiger partial charge in [-0.25, -0.2) is 8.78 Å². The minimum absolute atomic E-state index is 0.0409. The van der Waals surface area contributed by atoms with E-state index in [9.17, 15) is 13.6 Å². The zero-order valence-electron chi connectivity index (χ0n) is 10.1. The van der Waals surface area contributed by atoms with E-state index in [4.69, 9.17) is 0 Å². The van der Waals surface area contributed by atoms with E-state index in [-0.39, 0.29) is 11.4 Å². The second-order valence-corrected chi connectivity index (χ2v) is 3.79. The number of aromatic nitrogens is 1. The van der Waals surface area contributed by atoms with Crippen molar-refractivity contribution in [3.8, 4) is 0 Å². The maximum atomic E-state index is 13.0. The molecule has 0 radical (unpaired) electrons. The number of rotatable bonds is 3. The molecule has 0 aliphatic carbocycles. The van der Waals surface area contributed by atoms with E-state index < -0.39 is 17.5 Å². The average Bonchev–Trinajstić information content (AvgIpc) is 2.37. The lowest BCUT2D eigenvalue weighted by molar-refractivity contribution is 0.102. The molecule has 6 heteroatoms. The Hall–Kier alpha value is -2.50. The number of pyridine rings is 1. The molecule has 0 aliphatic rings. The molecule has 4 nitrogen and oxygen atoms in total. The van der Waals surface area contributed by atoms with Crippen LogP contribution in [0.25, 0.3) is 0 Å². The van der Waals surface area contributed by atoms with Gasteiger partial charge in [0, 0.05) is 30.7 Å². The van der Waals surface area contributed by atoms with Crippen LogP contribution in [0.1, 0.15) is 10.5 Å². The summed E-state index contributed by atoms with van der Waals surface area (Å²) in [6, 6.07) is 6.02. The van der Waals surface area contributed by atoms with E-state index in [2.05, 4.69) is 15.6 Å². The highest BCUT2D eigenvalue weighted by molar-refractivity contribution is 6.03. The first kappa shape index (κ1) is 12.9. The summed E-state index contributed by atoms with van der Waals surface area (Å²) >= 11 is 0. The molecular weight excluding hydrogens is 252 g/mol. The van der Waals surface area contributed by atoms with Crippen LogP contribution in [-0.2, 0) is 0 Å². The second-order valence-electron chi connectivity index (χ2n) is 3.79. The number of anilines is 2. The predicted molar refractivity (Wildman–Crippen MR) is 68.1 cm³/mol. The van der Waals surface area contributed by atoms with Gasteiger partial charge in [0.25, 0.3) is 5.91 Å². The summed E-state index contributed by atoms with van der Waals surface area (Å²) in [4.78, 5) is 15.7. The van der Waals surface area contributed by atoms with Crippen LogP contribution in [-0.4, -0.2) is 17.9 Å². The largest absolute Gasteiger partial charge is 0.388 e. The molecule has 1 aromatic carbocycles. The standard InChI is InChI=1S/C13H11F2N3O/c1-16-10-2-3-17-12(7-10)13(19)18-11-5-8(14)4-9(15)6-11/h2-7H,1H3,(H,16,17)(H,18,19). The summed E-state index contributed by atoms with van der Waals surface area (Å²) in [5.41, 5.74) is 0.904. The van der Waals surface area contributed by atoms with Gasteiger partial charge in [0.05, 0.1) is 0 Å². The lowest BCUT2D eigenvalue weighted by atomic mass is 10.2. The highest BCUT2D eigenvalue weighted by Gasteiger charge is 2.09. The molecule has 0 spiro atoms. The number of hydrogen-bond donors (Lipinski definition) is 2. The smallest absolute Gasteiger partial charge is 0.274 e. The van der Waals surface area contributed by atoms with Crippen molar-refractivity contribution in [3.63, 3.8) is 0 Å². The predicted octanol–water partition coefficient (Wildman–Crippen LogP) is 2.65. The minimum atomic E-state index is -0.757. The first-order chi connectivity index (χ1) is 9.08. The maximum Gasteiger partial charge on any atom is 0.274 e. The molecule has 2 N–H and O–H groups in total. The highest BCUT2D eigenvalue weighted by Crippen LogP contribution is 2.14. The van der Waals surface area contributed by atoms with E-state index >= 15 is 0 Å². The van der Waals surface area contributed by atoms with Crippen molar-refractivity contribution < 1.29 is 13.6 Å². The van der Waals surface area contributed by atoms with Crippen molar-refractivity contribution in [2.24, 2.45) is 0 Å². The molecule has 0 fully saturated rings. The zero-order chi connectivity index (χ0) is 13.8. The third-order valence-electron chi connectivity index (χ3n) is 2.40. The molecule has 1 heterocycles. The number of halogens is 2. The van der Waals surface area contributed by atoms with Gasteiger partial charge in [-0.15, -0.1) is 0 Å². The maximum absolute atomic E-state index is 13.0. The third kappa shape index (κ3) is 3.25. The number of hydrogen-bond acceptors (Lipinski definition) is 3. The van der Waals surface area contributed by atoms with E-state index in [1.807, 2.05) is 0 Å². The van der Waals surface area contributed by atoms with E-state index in [0.717, 1.165) is 18.2 Å². The summed E-state index contributed by atoms with van der Waals surface area (Å²) < 4.78 is 26.0. The van der Waals surface area contributed by atoms with Gasteiger partial charge in [0.2, 0.25) is 0 Å². The summed E-state index contributed by atoms with van der Waals surface area (Å²) in [6.45, 7) is 0. The van der Waals surface area contributed by atoms with Crippen LogP contribution < -0.4 is 10.6 Å². The van der Waals surface area contributed by atoms with Gasteiger partial charge in [-0.05, 0) is 24.3 Å². The summed E-state index contributed by atoms with van der Waals surface area (Å²) in [5.74, 6) is -2.05. The quantitative estimate of drug-likeness (QED) is 0.895. The Kier molecular flexibility index (Phi) is 3.70. The van der Waals surface area contributed by atoms with Gasteiger partial charge in [0.15, 0.2) is 0 Å². The molecule has 0 saturated heterocycles. The molecule has 2 rings (SSSR count). The molecule has 1 amide bonds. The van der Waals surface area contributed by atoms with Crippen molar-refractivity contribution in [1.82, 2.24) is 4.98 Å². The Balaban J connectivity index is 2.20. The van der Waals surface area contributed by atoms with E-state index in [0.29, 0.717) is 5.69 Å². The Bertz CT molecular complexity index is 596. The van der Waals surface area contributed by atoms with Gasteiger partial charge < -0.3 is 10.6 Å². The molecule has 1 aromatic heterocycles. The number of amides is 1. The Labute approximate surface area is 108 Å². The Morgan fingerprint density at radius 3 is 2.42 bits per heavy atom. The summed E-state index contributed by atoms with van der Waals surface area (Å²) in [6.07, 6.45) is 1.47. The van der Waals surface area contributed by atoms with Gasteiger partial charge >= 0.3 is 0 Å². The van der Waals surface area contributed by atoms with Gasteiger partial charge in [0.1, 0.15) is 17.3 Å². The second kappa shape index (κ2) is 5.43. The zero-order valence-corrected chi connectivity index (χ0v) is 10.1. The molecule has 0 bridgehead atoms. The molecule has 0 atom stereocenters. The molecule has 2 aromatic rings. The molecule has 98 valence electrons. The average molecular weight is 263 g/mol. The lowest BCUT2D eigenvalue weighted by Gasteiger charge is -2.06. The number of carbonyl (C=O) groups excluding carboxylic acids is 1. The lowest BCUT2D eigenvalue weighted by Crippen LogP contribution is -2.14. The van der Waals surface area contributed by atoms with Gasteiger partial charge in [-0.3, -0.25) is 9.78 Å². The van der Waals surface area contributed by atoms with E-state index in [1.54, 1.807) is 13.1 Å². The number of nitrogens with one attached hydrogen (secondary N) is 2. The normalized spacial score (nSPS) is 10.1.